The molecule has 0 spiro atoms. The molecule has 1 fully saturated rings. The second-order valence-electron chi connectivity index (χ2n) is 8.86. The van der Waals surface area contributed by atoms with Crippen molar-refractivity contribution < 1.29 is 14.0 Å². The van der Waals surface area contributed by atoms with Crippen molar-refractivity contribution in [3.05, 3.63) is 76.5 Å². The Labute approximate surface area is 207 Å². The molecular weight excluding hydrogens is 471 g/mol. The quantitative estimate of drug-likeness (QED) is 0.315. The van der Waals surface area contributed by atoms with E-state index in [1.165, 1.54) is 0 Å². The SMILES string of the molecule is O=C(NCc1cc2cc(Cl)ccc2o1)C1CCC(C(=O)Nc2ccc3cc(Cl)ccc3c2)CC1. The lowest BCUT2D eigenvalue weighted by Gasteiger charge is -2.27. The molecule has 0 bridgehead atoms. The summed E-state index contributed by atoms with van der Waals surface area (Å²) in [6.07, 6.45) is 2.76. The van der Waals surface area contributed by atoms with Crippen LogP contribution in [-0.4, -0.2) is 11.8 Å². The number of benzene rings is 3. The molecule has 0 atom stereocenters. The van der Waals surface area contributed by atoms with Crippen molar-refractivity contribution in [2.45, 2.75) is 32.2 Å². The normalized spacial score (nSPS) is 18.2. The van der Waals surface area contributed by atoms with Crippen LogP contribution in [-0.2, 0) is 16.1 Å². The van der Waals surface area contributed by atoms with Crippen LogP contribution in [0.1, 0.15) is 31.4 Å². The molecule has 2 amide bonds. The number of carbonyl (C=O) groups is 2. The van der Waals surface area contributed by atoms with Crippen molar-refractivity contribution in [2.24, 2.45) is 11.8 Å². The van der Waals surface area contributed by atoms with Gasteiger partial charge in [-0.3, -0.25) is 9.59 Å². The topological polar surface area (TPSA) is 71.3 Å². The monoisotopic (exact) mass is 494 g/mol. The Morgan fingerprint density at radius 3 is 2.15 bits per heavy atom. The van der Waals surface area contributed by atoms with E-state index in [0.29, 0.717) is 48.0 Å². The fraction of sp³-hybridized carbons (Fsp3) is 0.259. The van der Waals surface area contributed by atoms with Gasteiger partial charge in [0.2, 0.25) is 11.8 Å². The number of amides is 2. The van der Waals surface area contributed by atoms with Crippen LogP contribution in [0.25, 0.3) is 21.7 Å². The summed E-state index contributed by atoms with van der Waals surface area (Å²) < 4.78 is 5.77. The van der Waals surface area contributed by atoms with Crippen molar-refractivity contribution in [3.8, 4) is 0 Å². The Hall–Kier alpha value is -3.02. The Morgan fingerprint density at radius 1 is 0.765 bits per heavy atom. The molecule has 1 aromatic heterocycles. The first-order valence-electron chi connectivity index (χ1n) is 11.4. The summed E-state index contributed by atoms with van der Waals surface area (Å²) in [6.45, 7) is 0.332. The summed E-state index contributed by atoms with van der Waals surface area (Å²) in [5, 5.41) is 10.3. The van der Waals surface area contributed by atoms with Gasteiger partial charge >= 0.3 is 0 Å². The van der Waals surface area contributed by atoms with Crippen molar-refractivity contribution in [1.82, 2.24) is 5.32 Å². The molecule has 174 valence electrons. The second kappa shape index (κ2) is 9.69. The van der Waals surface area contributed by atoms with Crippen LogP contribution in [0, 0.1) is 11.8 Å². The Kier molecular flexibility index (Phi) is 6.48. The van der Waals surface area contributed by atoms with Crippen LogP contribution in [0.4, 0.5) is 5.69 Å². The maximum Gasteiger partial charge on any atom is 0.227 e. The largest absolute Gasteiger partial charge is 0.459 e. The van der Waals surface area contributed by atoms with Gasteiger partial charge in [-0.15, -0.1) is 0 Å². The van der Waals surface area contributed by atoms with Gasteiger partial charge < -0.3 is 15.1 Å². The standard InChI is InChI=1S/C27H24Cl2N2O3/c28-21-7-5-19-13-23(9-6-18(19)11-21)31-27(33)17-3-1-16(2-4-17)26(32)30-15-24-14-20-12-22(29)8-10-25(20)34-24/h5-14,16-17H,1-4,15H2,(H,30,32)(H,31,33). The van der Waals surface area contributed by atoms with Gasteiger partial charge in [-0.25, -0.2) is 0 Å². The summed E-state index contributed by atoms with van der Waals surface area (Å²) in [7, 11) is 0. The zero-order valence-electron chi connectivity index (χ0n) is 18.4. The van der Waals surface area contributed by atoms with Crippen molar-refractivity contribution in [3.63, 3.8) is 0 Å². The van der Waals surface area contributed by atoms with E-state index in [9.17, 15) is 9.59 Å². The van der Waals surface area contributed by atoms with E-state index in [1.54, 1.807) is 6.07 Å². The summed E-state index contributed by atoms with van der Waals surface area (Å²) in [5.74, 6) is 0.522. The summed E-state index contributed by atoms with van der Waals surface area (Å²) in [4.78, 5) is 25.5. The van der Waals surface area contributed by atoms with E-state index in [1.807, 2.05) is 54.6 Å². The van der Waals surface area contributed by atoms with Crippen LogP contribution in [0.3, 0.4) is 0 Å². The van der Waals surface area contributed by atoms with Gasteiger partial charge in [0.15, 0.2) is 0 Å². The number of carbonyl (C=O) groups excluding carboxylic acids is 2. The van der Waals surface area contributed by atoms with E-state index in [0.717, 1.165) is 27.4 Å². The molecule has 1 saturated carbocycles. The lowest BCUT2D eigenvalue weighted by molar-refractivity contribution is -0.128. The molecule has 0 unspecified atom stereocenters. The number of rotatable bonds is 5. The van der Waals surface area contributed by atoms with Gasteiger partial charge in [0.05, 0.1) is 6.54 Å². The van der Waals surface area contributed by atoms with E-state index in [-0.39, 0.29) is 23.7 Å². The number of anilines is 1. The number of fused-ring (bicyclic) bond motifs is 2. The third-order valence-corrected chi connectivity index (χ3v) is 6.98. The van der Waals surface area contributed by atoms with E-state index in [2.05, 4.69) is 10.6 Å². The molecule has 5 rings (SSSR count). The van der Waals surface area contributed by atoms with E-state index >= 15 is 0 Å². The first-order chi connectivity index (χ1) is 16.4. The first-order valence-corrected chi connectivity index (χ1v) is 12.2. The molecule has 5 nitrogen and oxygen atoms in total. The number of halogens is 2. The molecule has 0 radical (unpaired) electrons. The van der Waals surface area contributed by atoms with Gasteiger partial charge in [-0.2, -0.15) is 0 Å². The fourth-order valence-corrected chi connectivity index (χ4v) is 4.99. The Morgan fingerprint density at radius 2 is 1.38 bits per heavy atom. The zero-order valence-corrected chi connectivity index (χ0v) is 20.0. The van der Waals surface area contributed by atoms with Crippen LogP contribution in [0.5, 0.6) is 0 Å². The average Bonchev–Trinajstić information content (AvgIpc) is 3.24. The smallest absolute Gasteiger partial charge is 0.227 e. The third-order valence-electron chi connectivity index (χ3n) is 6.50. The first kappa shape index (κ1) is 22.8. The highest BCUT2D eigenvalue weighted by Crippen LogP contribution is 2.31. The van der Waals surface area contributed by atoms with Gasteiger partial charge in [-0.05, 0) is 85.0 Å². The minimum absolute atomic E-state index is 0.00513. The zero-order chi connectivity index (χ0) is 23.7. The average molecular weight is 495 g/mol. The number of furan rings is 1. The molecule has 0 aliphatic heterocycles. The predicted octanol–water partition coefficient (Wildman–Crippen LogP) is 6.95. The molecule has 4 aromatic rings. The van der Waals surface area contributed by atoms with E-state index in [4.69, 9.17) is 27.6 Å². The predicted molar refractivity (Wildman–Crippen MR) is 136 cm³/mol. The second-order valence-corrected chi connectivity index (χ2v) is 9.73. The molecule has 1 aliphatic carbocycles. The molecular formula is C27H24Cl2N2O3. The summed E-state index contributed by atoms with van der Waals surface area (Å²) in [5.41, 5.74) is 1.52. The van der Waals surface area contributed by atoms with E-state index < -0.39 is 0 Å². The molecule has 34 heavy (non-hydrogen) atoms. The van der Waals surface area contributed by atoms with Crippen LogP contribution in [0.15, 0.2) is 65.1 Å². The third kappa shape index (κ3) is 5.06. The Balaban J connectivity index is 1.12. The van der Waals surface area contributed by atoms with Gasteiger partial charge in [0.25, 0.3) is 0 Å². The molecule has 1 aliphatic rings. The number of nitrogens with one attached hydrogen (secondary N) is 2. The lowest BCUT2D eigenvalue weighted by Crippen LogP contribution is -2.35. The highest BCUT2D eigenvalue weighted by atomic mass is 35.5. The van der Waals surface area contributed by atoms with Crippen molar-refractivity contribution >= 4 is 62.4 Å². The van der Waals surface area contributed by atoms with Gasteiger partial charge in [-0.1, -0.05) is 35.3 Å². The lowest BCUT2D eigenvalue weighted by atomic mass is 9.81. The molecule has 7 heteroatoms. The molecule has 0 saturated heterocycles. The number of hydrogen-bond acceptors (Lipinski definition) is 3. The van der Waals surface area contributed by atoms with Crippen LogP contribution >= 0.6 is 23.2 Å². The van der Waals surface area contributed by atoms with Gasteiger partial charge in [0.1, 0.15) is 11.3 Å². The maximum absolute atomic E-state index is 12.8. The van der Waals surface area contributed by atoms with Crippen molar-refractivity contribution in [1.29, 1.82) is 0 Å². The Bertz CT molecular complexity index is 1370. The van der Waals surface area contributed by atoms with Gasteiger partial charge in [0, 0.05) is 33.0 Å². The summed E-state index contributed by atoms with van der Waals surface area (Å²) in [6, 6.07) is 18.8. The van der Waals surface area contributed by atoms with Crippen LogP contribution in [0.2, 0.25) is 10.0 Å². The minimum Gasteiger partial charge on any atom is -0.459 e. The van der Waals surface area contributed by atoms with Crippen LogP contribution < -0.4 is 10.6 Å². The number of hydrogen-bond donors (Lipinski definition) is 2. The highest BCUT2D eigenvalue weighted by Gasteiger charge is 2.30. The summed E-state index contributed by atoms with van der Waals surface area (Å²) >= 11 is 12.1. The molecule has 1 heterocycles. The molecule has 3 aromatic carbocycles. The molecule has 2 N–H and O–H groups in total. The maximum atomic E-state index is 12.8. The highest BCUT2D eigenvalue weighted by molar-refractivity contribution is 6.31. The fourth-order valence-electron chi connectivity index (χ4n) is 4.63. The van der Waals surface area contributed by atoms with Crippen molar-refractivity contribution in [2.75, 3.05) is 5.32 Å². The minimum atomic E-state index is -0.0925.